The normalized spacial score (nSPS) is 14.7. The number of carbonyl (C=O) groups excluding carboxylic acids is 1. The highest BCUT2D eigenvalue weighted by atomic mass is 35.5. The van der Waals surface area contributed by atoms with Crippen molar-refractivity contribution in [1.82, 2.24) is 15.2 Å². The lowest BCUT2D eigenvalue weighted by Gasteiger charge is -2.18. The van der Waals surface area contributed by atoms with Gasteiger partial charge in [-0.15, -0.1) is 0 Å². The largest absolute Gasteiger partial charge is 0.349 e. The van der Waals surface area contributed by atoms with Crippen LogP contribution in [0.25, 0.3) is 0 Å². The molecule has 0 saturated carbocycles. The number of hydrogen-bond acceptors (Lipinski definition) is 4. The summed E-state index contributed by atoms with van der Waals surface area (Å²) in [5.41, 5.74) is 3.98. The minimum atomic E-state index is -3.80. The van der Waals surface area contributed by atoms with Crippen molar-refractivity contribution in [2.45, 2.75) is 12.7 Å². The summed E-state index contributed by atoms with van der Waals surface area (Å²) in [6.07, 6.45) is 1.78. The molecule has 1 aliphatic heterocycles. The van der Waals surface area contributed by atoms with Gasteiger partial charge in [-0.2, -0.15) is 0 Å². The van der Waals surface area contributed by atoms with E-state index >= 15 is 0 Å². The van der Waals surface area contributed by atoms with Crippen LogP contribution in [0.5, 0.6) is 0 Å². The average molecular weight is 316 g/mol. The molecule has 0 spiro atoms. The number of hydrogen-bond donors (Lipinski definition) is 2. The molecule has 0 atom stereocenters. The summed E-state index contributed by atoms with van der Waals surface area (Å²) in [5, 5.41) is 1.53. The summed E-state index contributed by atoms with van der Waals surface area (Å²) < 4.78 is 25.9. The number of allylic oxidation sites excluding steroid dienone is 1. The van der Waals surface area contributed by atoms with E-state index in [0.717, 1.165) is 5.70 Å². The van der Waals surface area contributed by atoms with Crippen LogP contribution < -0.4 is 10.1 Å². The molecule has 1 heterocycles. The number of carbonyl (C=O) groups is 1. The molecular formula is C12H14ClN3O3S. The molecule has 8 heteroatoms. The van der Waals surface area contributed by atoms with Gasteiger partial charge in [0.1, 0.15) is 0 Å². The number of benzene rings is 1. The number of hydrazine groups is 1. The summed E-state index contributed by atoms with van der Waals surface area (Å²) in [6.45, 7) is 2.10. The summed E-state index contributed by atoms with van der Waals surface area (Å²) >= 11 is 5.90. The minimum Gasteiger partial charge on any atom is -0.299 e. The molecule has 20 heavy (non-hydrogen) atoms. The molecule has 0 aliphatic carbocycles. The molecule has 108 valence electrons. The van der Waals surface area contributed by atoms with E-state index in [1.807, 2.05) is 4.72 Å². The van der Waals surface area contributed by atoms with E-state index in [4.69, 9.17) is 11.6 Å². The van der Waals surface area contributed by atoms with Crippen molar-refractivity contribution in [3.05, 3.63) is 46.6 Å². The highest BCUT2D eigenvalue weighted by Gasteiger charge is 2.23. The zero-order chi connectivity index (χ0) is 14.8. The predicted octanol–water partition coefficient (Wildman–Crippen LogP) is 1.60. The SMILES string of the molecule is CC1=CCN(C(=O)NS(=O)(=O)Cc2ccccc2Cl)N1. The lowest BCUT2D eigenvalue weighted by atomic mass is 10.2. The Bertz CT molecular complexity index is 658. The number of sulfonamides is 1. The number of nitrogens with one attached hydrogen (secondary N) is 2. The third-order valence-electron chi connectivity index (χ3n) is 2.68. The second kappa shape index (κ2) is 5.72. The summed E-state index contributed by atoms with van der Waals surface area (Å²) in [7, 11) is -3.80. The van der Waals surface area contributed by atoms with Crippen molar-refractivity contribution >= 4 is 27.7 Å². The molecule has 0 unspecified atom stereocenters. The van der Waals surface area contributed by atoms with E-state index in [1.54, 1.807) is 37.3 Å². The molecule has 0 saturated heterocycles. The van der Waals surface area contributed by atoms with Gasteiger partial charge in [-0.3, -0.25) is 5.43 Å². The summed E-state index contributed by atoms with van der Waals surface area (Å²) in [6, 6.07) is 5.88. The third-order valence-corrected chi connectivity index (χ3v) is 4.23. The second-order valence-electron chi connectivity index (χ2n) is 4.37. The third kappa shape index (κ3) is 3.64. The Labute approximate surface area is 122 Å². The number of rotatable bonds is 3. The van der Waals surface area contributed by atoms with Gasteiger partial charge in [-0.05, 0) is 24.6 Å². The molecule has 0 bridgehead atoms. The van der Waals surface area contributed by atoms with Crippen LogP contribution in [0.15, 0.2) is 36.0 Å². The van der Waals surface area contributed by atoms with Crippen LogP contribution in [0.1, 0.15) is 12.5 Å². The topological polar surface area (TPSA) is 78.5 Å². The van der Waals surface area contributed by atoms with Crippen molar-refractivity contribution in [3.63, 3.8) is 0 Å². The Hall–Kier alpha value is -1.73. The fourth-order valence-corrected chi connectivity index (χ4v) is 3.10. The van der Waals surface area contributed by atoms with Gasteiger partial charge in [0.2, 0.25) is 10.0 Å². The van der Waals surface area contributed by atoms with Gasteiger partial charge >= 0.3 is 6.03 Å². The van der Waals surface area contributed by atoms with Crippen molar-refractivity contribution in [1.29, 1.82) is 0 Å². The molecule has 2 N–H and O–H groups in total. The van der Waals surface area contributed by atoms with Gasteiger partial charge < -0.3 is 0 Å². The average Bonchev–Trinajstić information content (AvgIpc) is 2.78. The molecule has 6 nitrogen and oxygen atoms in total. The number of nitrogens with zero attached hydrogens (tertiary/aromatic N) is 1. The molecule has 2 amide bonds. The maximum Gasteiger partial charge on any atom is 0.349 e. The van der Waals surface area contributed by atoms with E-state index < -0.39 is 16.1 Å². The Kier molecular flexibility index (Phi) is 4.20. The first-order valence-corrected chi connectivity index (χ1v) is 7.89. The zero-order valence-corrected chi connectivity index (χ0v) is 12.3. The maximum absolute atomic E-state index is 11.9. The quantitative estimate of drug-likeness (QED) is 0.888. The first kappa shape index (κ1) is 14.7. The van der Waals surface area contributed by atoms with Crippen LogP contribution in [0.4, 0.5) is 4.79 Å². The van der Waals surface area contributed by atoms with Crippen LogP contribution in [-0.4, -0.2) is 26.0 Å². The van der Waals surface area contributed by atoms with Crippen molar-refractivity contribution in [3.8, 4) is 0 Å². The smallest absolute Gasteiger partial charge is 0.299 e. The fraction of sp³-hybridized carbons (Fsp3) is 0.250. The fourth-order valence-electron chi connectivity index (χ4n) is 1.71. The predicted molar refractivity (Wildman–Crippen MR) is 76.2 cm³/mol. The molecule has 0 aromatic heterocycles. The van der Waals surface area contributed by atoms with E-state index in [-0.39, 0.29) is 5.75 Å². The molecule has 1 aliphatic rings. The zero-order valence-electron chi connectivity index (χ0n) is 10.8. The van der Waals surface area contributed by atoms with Crippen LogP contribution in [-0.2, 0) is 15.8 Å². The maximum atomic E-state index is 11.9. The van der Waals surface area contributed by atoms with Gasteiger partial charge in [0.15, 0.2) is 0 Å². The van der Waals surface area contributed by atoms with E-state index in [1.165, 1.54) is 5.01 Å². The molecule has 0 fully saturated rings. The Balaban J connectivity index is 2.01. The van der Waals surface area contributed by atoms with Crippen LogP contribution in [0.2, 0.25) is 5.02 Å². The molecule has 0 radical (unpaired) electrons. The first-order valence-electron chi connectivity index (χ1n) is 5.86. The van der Waals surface area contributed by atoms with Crippen molar-refractivity contribution in [2.24, 2.45) is 0 Å². The van der Waals surface area contributed by atoms with Gasteiger partial charge in [0.25, 0.3) is 0 Å². The summed E-state index contributed by atoms with van der Waals surface area (Å²) in [5.74, 6) is -0.349. The highest BCUT2D eigenvalue weighted by molar-refractivity contribution is 7.89. The standard InChI is InChI=1S/C12H14ClN3O3S/c1-9-6-7-16(14-9)12(17)15-20(18,19)8-10-4-2-3-5-11(10)13/h2-6,14H,7-8H2,1H3,(H,15,17). The van der Waals surface area contributed by atoms with Crippen molar-refractivity contribution < 1.29 is 13.2 Å². The second-order valence-corrected chi connectivity index (χ2v) is 6.50. The Morgan fingerprint density at radius 3 is 2.75 bits per heavy atom. The monoisotopic (exact) mass is 315 g/mol. The van der Waals surface area contributed by atoms with E-state index in [9.17, 15) is 13.2 Å². The van der Waals surface area contributed by atoms with Gasteiger partial charge in [-0.1, -0.05) is 29.8 Å². The van der Waals surface area contributed by atoms with Crippen molar-refractivity contribution in [2.75, 3.05) is 6.54 Å². The number of amides is 2. The van der Waals surface area contributed by atoms with Gasteiger partial charge in [0, 0.05) is 10.7 Å². The van der Waals surface area contributed by atoms with Gasteiger partial charge in [-0.25, -0.2) is 22.9 Å². The Morgan fingerprint density at radius 2 is 2.15 bits per heavy atom. The van der Waals surface area contributed by atoms with Crippen LogP contribution in [0, 0.1) is 0 Å². The first-order chi connectivity index (χ1) is 9.37. The molecule has 1 aromatic rings. The lowest BCUT2D eigenvalue weighted by molar-refractivity contribution is 0.199. The van der Waals surface area contributed by atoms with E-state index in [2.05, 4.69) is 5.43 Å². The molecule has 1 aromatic carbocycles. The lowest BCUT2D eigenvalue weighted by Crippen LogP contribution is -2.46. The minimum absolute atomic E-state index is 0.319. The number of halogens is 1. The van der Waals surface area contributed by atoms with E-state index in [0.29, 0.717) is 17.1 Å². The highest BCUT2D eigenvalue weighted by Crippen LogP contribution is 2.17. The molecular weight excluding hydrogens is 302 g/mol. The number of urea groups is 1. The van der Waals surface area contributed by atoms with Crippen LogP contribution in [0.3, 0.4) is 0 Å². The Morgan fingerprint density at radius 1 is 1.45 bits per heavy atom. The van der Waals surface area contributed by atoms with Crippen LogP contribution >= 0.6 is 11.6 Å². The molecule has 2 rings (SSSR count). The summed E-state index contributed by atoms with van der Waals surface area (Å²) in [4.78, 5) is 11.8. The van der Waals surface area contributed by atoms with Gasteiger partial charge in [0.05, 0.1) is 12.3 Å².